The minimum atomic E-state index is -4.35. The monoisotopic (exact) mass is 398 g/mol. The standard InChI is InChI=1S/C23H21F3N2O/c1-22(2,3)21(29)28-19-13-10-16(18-5-4-14-27-20(18)19)9-6-15-7-11-17(12-8-15)23(24,25)26/h4-14H,1-3H3,(H,28,29). The normalized spacial score (nSPS) is 12.5. The van der Waals surface area contributed by atoms with Crippen LogP contribution in [-0.4, -0.2) is 10.9 Å². The highest BCUT2D eigenvalue weighted by molar-refractivity contribution is 6.04. The number of aromatic nitrogens is 1. The molecule has 2 aromatic carbocycles. The summed E-state index contributed by atoms with van der Waals surface area (Å²) in [6.45, 7) is 5.50. The Morgan fingerprint density at radius 1 is 0.966 bits per heavy atom. The molecule has 3 rings (SSSR count). The molecule has 1 N–H and O–H groups in total. The maximum absolute atomic E-state index is 12.7. The first-order chi connectivity index (χ1) is 13.6. The van der Waals surface area contributed by atoms with Crippen molar-refractivity contribution in [1.29, 1.82) is 0 Å². The van der Waals surface area contributed by atoms with Gasteiger partial charge in [-0.05, 0) is 35.4 Å². The summed E-state index contributed by atoms with van der Waals surface area (Å²) in [5.74, 6) is -0.113. The van der Waals surface area contributed by atoms with E-state index in [4.69, 9.17) is 0 Å². The molecule has 6 heteroatoms. The first kappa shape index (κ1) is 20.6. The molecule has 0 aliphatic carbocycles. The summed E-state index contributed by atoms with van der Waals surface area (Å²) in [7, 11) is 0. The fourth-order valence-electron chi connectivity index (χ4n) is 2.72. The van der Waals surface area contributed by atoms with Crippen LogP contribution in [-0.2, 0) is 11.0 Å². The van der Waals surface area contributed by atoms with Gasteiger partial charge in [0.15, 0.2) is 0 Å². The third-order valence-electron chi connectivity index (χ3n) is 4.43. The number of alkyl halides is 3. The minimum Gasteiger partial charge on any atom is -0.324 e. The Kier molecular flexibility index (Phi) is 5.46. The van der Waals surface area contributed by atoms with Crippen molar-refractivity contribution in [3.63, 3.8) is 0 Å². The number of hydrogen-bond donors (Lipinski definition) is 1. The summed E-state index contributed by atoms with van der Waals surface area (Å²) >= 11 is 0. The van der Waals surface area contributed by atoms with Gasteiger partial charge in [0.2, 0.25) is 5.91 Å². The summed E-state index contributed by atoms with van der Waals surface area (Å²) < 4.78 is 38.1. The Balaban J connectivity index is 1.92. The zero-order chi connectivity index (χ0) is 21.2. The summed E-state index contributed by atoms with van der Waals surface area (Å²) in [5.41, 5.74) is 1.56. The lowest BCUT2D eigenvalue weighted by Crippen LogP contribution is -2.27. The van der Waals surface area contributed by atoms with Crippen LogP contribution in [0.5, 0.6) is 0 Å². The minimum absolute atomic E-state index is 0.113. The SMILES string of the molecule is CC(C)(C)C(=O)Nc1ccc(C=Cc2ccc(C(F)(F)F)cc2)c2cccnc12. The molecule has 0 unspecified atom stereocenters. The van der Waals surface area contributed by atoms with E-state index < -0.39 is 17.2 Å². The van der Waals surface area contributed by atoms with Gasteiger partial charge in [-0.2, -0.15) is 13.2 Å². The van der Waals surface area contributed by atoms with Gasteiger partial charge >= 0.3 is 6.18 Å². The summed E-state index contributed by atoms with van der Waals surface area (Å²) in [6.07, 6.45) is 0.868. The predicted molar refractivity (Wildman–Crippen MR) is 110 cm³/mol. The fourth-order valence-corrected chi connectivity index (χ4v) is 2.72. The average Bonchev–Trinajstić information content (AvgIpc) is 2.66. The van der Waals surface area contributed by atoms with Gasteiger partial charge in [0.25, 0.3) is 0 Å². The van der Waals surface area contributed by atoms with Crippen molar-refractivity contribution in [2.75, 3.05) is 5.32 Å². The van der Waals surface area contributed by atoms with Crippen molar-refractivity contribution >= 4 is 34.6 Å². The Hall–Kier alpha value is -3.15. The zero-order valence-corrected chi connectivity index (χ0v) is 16.3. The van der Waals surface area contributed by atoms with Crippen LogP contribution in [0.15, 0.2) is 54.7 Å². The van der Waals surface area contributed by atoms with Gasteiger partial charge in [-0.15, -0.1) is 0 Å². The second kappa shape index (κ2) is 7.70. The van der Waals surface area contributed by atoms with Gasteiger partial charge in [-0.1, -0.05) is 57.2 Å². The molecule has 0 spiro atoms. The lowest BCUT2D eigenvalue weighted by atomic mass is 9.95. The van der Waals surface area contributed by atoms with Gasteiger partial charge in [0.05, 0.1) is 16.8 Å². The molecule has 29 heavy (non-hydrogen) atoms. The Morgan fingerprint density at radius 2 is 1.66 bits per heavy atom. The number of benzene rings is 2. The molecule has 1 heterocycles. The largest absolute Gasteiger partial charge is 0.416 e. The summed E-state index contributed by atoms with van der Waals surface area (Å²) in [4.78, 5) is 16.7. The summed E-state index contributed by atoms with van der Waals surface area (Å²) in [6, 6.07) is 12.3. The van der Waals surface area contributed by atoms with E-state index in [1.165, 1.54) is 12.1 Å². The van der Waals surface area contributed by atoms with Crippen LogP contribution < -0.4 is 5.32 Å². The molecule has 0 bridgehead atoms. The maximum atomic E-state index is 12.7. The van der Waals surface area contributed by atoms with Crippen molar-refractivity contribution in [2.45, 2.75) is 26.9 Å². The van der Waals surface area contributed by atoms with Gasteiger partial charge < -0.3 is 5.32 Å². The van der Waals surface area contributed by atoms with Gasteiger partial charge in [0.1, 0.15) is 0 Å². The number of pyridine rings is 1. The van der Waals surface area contributed by atoms with Crippen LogP contribution in [0, 0.1) is 5.41 Å². The number of carbonyl (C=O) groups excluding carboxylic acids is 1. The highest BCUT2D eigenvalue weighted by Crippen LogP contribution is 2.30. The number of nitrogens with zero attached hydrogens (tertiary/aromatic N) is 1. The highest BCUT2D eigenvalue weighted by Gasteiger charge is 2.29. The molecular formula is C23H21F3N2O. The van der Waals surface area contributed by atoms with E-state index in [0.717, 1.165) is 23.1 Å². The number of fused-ring (bicyclic) bond motifs is 1. The lowest BCUT2D eigenvalue weighted by Gasteiger charge is -2.18. The van der Waals surface area contributed by atoms with Crippen molar-refractivity contribution in [3.05, 3.63) is 71.4 Å². The van der Waals surface area contributed by atoms with E-state index in [9.17, 15) is 18.0 Å². The van der Waals surface area contributed by atoms with Crippen LogP contribution in [0.1, 0.15) is 37.5 Å². The molecule has 0 atom stereocenters. The van der Waals surface area contributed by atoms with E-state index in [0.29, 0.717) is 16.8 Å². The second-order valence-electron chi connectivity index (χ2n) is 7.76. The van der Waals surface area contributed by atoms with Gasteiger partial charge in [-0.25, -0.2) is 0 Å². The van der Waals surface area contributed by atoms with E-state index in [1.807, 2.05) is 39.0 Å². The molecule has 0 fully saturated rings. The zero-order valence-electron chi connectivity index (χ0n) is 16.3. The Morgan fingerprint density at radius 3 is 2.28 bits per heavy atom. The molecule has 0 radical (unpaired) electrons. The summed E-state index contributed by atoms with van der Waals surface area (Å²) in [5, 5.41) is 3.75. The molecule has 0 saturated carbocycles. The number of nitrogens with one attached hydrogen (secondary N) is 1. The first-order valence-electron chi connectivity index (χ1n) is 9.10. The molecule has 150 valence electrons. The third kappa shape index (κ3) is 4.83. The maximum Gasteiger partial charge on any atom is 0.416 e. The van der Waals surface area contributed by atoms with Crippen LogP contribution in [0.25, 0.3) is 23.1 Å². The molecule has 0 aliphatic heterocycles. The van der Waals surface area contributed by atoms with E-state index in [2.05, 4.69) is 10.3 Å². The van der Waals surface area contributed by atoms with Crippen molar-refractivity contribution in [1.82, 2.24) is 4.98 Å². The predicted octanol–water partition coefficient (Wildman–Crippen LogP) is 6.41. The number of halogens is 3. The van der Waals surface area contributed by atoms with E-state index in [1.54, 1.807) is 24.4 Å². The van der Waals surface area contributed by atoms with Gasteiger partial charge in [-0.3, -0.25) is 9.78 Å². The van der Waals surface area contributed by atoms with Crippen LogP contribution in [0.4, 0.5) is 18.9 Å². The van der Waals surface area contributed by atoms with Crippen molar-refractivity contribution in [2.24, 2.45) is 5.41 Å². The Labute approximate surface area is 167 Å². The van der Waals surface area contributed by atoms with Crippen LogP contribution in [0.2, 0.25) is 0 Å². The van der Waals surface area contributed by atoms with Crippen LogP contribution in [0.3, 0.4) is 0 Å². The van der Waals surface area contributed by atoms with E-state index >= 15 is 0 Å². The quantitative estimate of drug-likeness (QED) is 0.518. The molecule has 3 nitrogen and oxygen atoms in total. The molecule has 0 aliphatic rings. The van der Waals surface area contributed by atoms with Gasteiger partial charge in [0, 0.05) is 17.0 Å². The van der Waals surface area contributed by atoms with Crippen molar-refractivity contribution < 1.29 is 18.0 Å². The van der Waals surface area contributed by atoms with Crippen molar-refractivity contribution in [3.8, 4) is 0 Å². The lowest BCUT2D eigenvalue weighted by molar-refractivity contribution is -0.137. The molecular weight excluding hydrogens is 377 g/mol. The number of hydrogen-bond acceptors (Lipinski definition) is 2. The average molecular weight is 398 g/mol. The highest BCUT2D eigenvalue weighted by atomic mass is 19.4. The topological polar surface area (TPSA) is 42.0 Å². The smallest absolute Gasteiger partial charge is 0.324 e. The first-order valence-corrected chi connectivity index (χ1v) is 9.10. The fraction of sp³-hybridized carbons (Fsp3) is 0.217. The number of rotatable bonds is 3. The van der Waals surface area contributed by atoms with Crippen LogP contribution >= 0.6 is 0 Å². The number of carbonyl (C=O) groups is 1. The number of anilines is 1. The third-order valence-corrected chi connectivity index (χ3v) is 4.43. The molecule has 1 amide bonds. The van der Waals surface area contributed by atoms with E-state index in [-0.39, 0.29) is 5.91 Å². The molecule has 0 saturated heterocycles. The molecule has 1 aromatic heterocycles. The Bertz CT molecular complexity index is 1060. The molecule has 3 aromatic rings. The second-order valence-corrected chi connectivity index (χ2v) is 7.76. The number of amides is 1.